The van der Waals surface area contributed by atoms with Crippen LogP contribution >= 0.6 is 0 Å². The second-order valence-electron chi connectivity index (χ2n) is 13.1. The molecule has 0 radical (unpaired) electrons. The molecule has 2 fully saturated rings. The minimum Gasteiger partial charge on any atom is -0.493 e. The van der Waals surface area contributed by atoms with E-state index in [1.165, 1.54) is 5.57 Å². The topological polar surface area (TPSA) is 51.2 Å². The zero-order chi connectivity index (χ0) is 30.1. The third-order valence-electron chi connectivity index (χ3n) is 9.07. The molecule has 1 aromatic rings. The van der Waals surface area contributed by atoms with Crippen molar-refractivity contribution in [2.45, 2.75) is 51.5 Å². The normalized spacial score (nSPS) is 23.9. The Bertz CT molecular complexity index is 1110. The number of nitrogens with zero attached hydrogens (tertiary/aromatic N) is 3. The fraction of sp³-hybridized carbons (Fsp3) is 0.629. The van der Waals surface area contributed by atoms with Gasteiger partial charge < -0.3 is 23.6 Å². The number of para-hydroxylation sites is 2. The first-order valence-corrected chi connectivity index (χ1v) is 16.0. The standard InChI is InChI=1S/C35H54N3O4/c1-7-9-19-36(20-12-13-21-38(3,4)5)35(39)25-37-24-30(27-16-17-32-28(23-27)18-22-41-32)29(8-2)31(37)26-42-34-15-11-10-14-33(34)40-6/h8,10-11,14-15,17,23,27,29-31H,2,7,9,12-13,16,18-22,24-26H2,1,3-6H3/q+1/t27?,29-,30-,31?/m1/s1. The summed E-state index contributed by atoms with van der Waals surface area (Å²) in [7, 11) is 8.35. The number of quaternary nitrogens is 1. The minimum atomic E-state index is 0.0520. The molecule has 2 heterocycles. The molecule has 7 heteroatoms. The SMILES string of the molecule is C=C[C@H]1C(COc2ccccc2OC)N(CC(=O)N(CCCC)CCCC[N+](C)(C)C)C[C@@H]1C1C=C2CCOC2=CC1. The maximum absolute atomic E-state index is 13.9. The van der Waals surface area contributed by atoms with Crippen LogP contribution in [0, 0.1) is 17.8 Å². The van der Waals surface area contributed by atoms with E-state index in [9.17, 15) is 4.79 Å². The van der Waals surface area contributed by atoms with E-state index in [0.717, 1.165) is 93.1 Å². The van der Waals surface area contributed by atoms with Crippen molar-refractivity contribution < 1.29 is 23.5 Å². The summed E-state index contributed by atoms with van der Waals surface area (Å²) in [6, 6.07) is 7.84. The highest BCUT2D eigenvalue weighted by Crippen LogP contribution is 2.42. The van der Waals surface area contributed by atoms with Gasteiger partial charge >= 0.3 is 0 Å². The Kier molecular flexibility index (Phi) is 11.6. The van der Waals surface area contributed by atoms with E-state index in [-0.39, 0.29) is 17.9 Å². The number of hydrogen-bond acceptors (Lipinski definition) is 5. The van der Waals surface area contributed by atoms with Crippen LogP contribution in [-0.2, 0) is 9.53 Å². The van der Waals surface area contributed by atoms with E-state index in [2.05, 4.69) is 62.7 Å². The highest BCUT2D eigenvalue weighted by molar-refractivity contribution is 5.78. The molecule has 3 aliphatic rings. The molecule has 0 spiro atoms. The molecule has 232 valence electrons. The van der Waals surface area contributed by atoms with Gasteiger partial charge in [0, 0.05) is 26.1 Å². The van der Waals surface area contributed by atoms with Crippen LogP contribution in [-0.4, -0.2) is 100 Å². The lowest BCUT2D eigenvalue weighted by Crippen LogP contribution is -2.45. The van der Waals surface area contributed by atoms with E-state index >= 15 is 0 Å². The molecule has 0 bridgehead atoms. The number of amides is 1. The van der Waals surface area contributed by atoms with Gasteiger partial charge in [0.2, 0.25) is 5.91 Å². The van der Waals surface area contributed by atoms with Crippen molar-refractivity contribution in [1.82, 2.24) is 9.80 Å². The summed E-state index contributed by atoms with van der Waals surface area (Å²) in [5, 5.41) is 0. The van der Waals surface area contributed by atoms with Crippen LogP contribution in [0.2, 0.25) is 0 Å². The number of allylic oxidation sites excluding steroid dienone is 3. The van der Waals surface area contributed by atoms with Gasteiger partial charge in [0.25, 0.3) is 0 Å². The fourth-order valence-corrected chi connectivity index (χ4v) is 6.70. The number of benzene rings is 1. The second kappa shape index (κ2) is 15.1. The molecular weight excluding hydrogens is 526 g/mol. The number of fused-ring (bicyclic) bond motifs is 1. The number of methoxy groups -OCH3 is 1. The van der Waals surface area contributed by atoms with Crippen molar-refractivity contribution in [2.75, 3.05) is 74.2 Å². The van der Waals surface area contributed by atoms with Gasteiger partial charge in [-0.3, -0.25) is 9.69 Å². The molecule has 0 N–H and O–H groups in total. The molecular formula is C35H54N3O4+. The highest BCUT2D eigenvalue weighted by Gasteiger charge is 2.45. The molecule has 4 atom stereocenters. The summed E-state index contributed by atoms with van der Waals surface area (Å²) < 4.78 is 18.7. The van der Waals surface area contributed by atoms with Gasteiger partial charge in [0.05, 0.1) is 54.0 Å². The predicted molar refractivity (Wildman–Crippen MR) is 169 cm³/mol. The number of rotatable bonds is 16. The molecule has 1 aliphatic carbocycles. The average Bonchev–Trinajstić information content (AvgIpc) is 3.58. The lowest BCUT2D eigenvalue weighted by atomic mass is 9.77. The lowest BCUT2D eigenvalue weighted by Gasteiger charge is -2.30. The van der Waals surface area contributed by atoms with Crippen molar-refractivity contribution in [3.8, 4) is 11.5 Å². The zero-order valence-electron chi connectivity index (χ0n) is 26.7. The third-order valence-corrected chi connectivity index (χ3v) is 9.07. The largest absolute Gasteiger partial charge is 0.493 e. The highest BCUT2D eigenvalue weighted by atomic mass is 16.5. The van der Waals surface area contributed by atoms with Crippen LogP contribution in [0.1, 0.15) is 45.4 Å². The van der Waals surface area contributed by atoms with Crippen molar-refractivity contribution in [2.24, 2.45) is 17.8 Å². The Balaban J connectivity index is 1.50. The van der Waals surface area contributed by atoms with Gasteiger partial charge in [-0.1, -0.05) is 37.6 Å². The first-order chi connectivity index (χ1) is 20.2. The lowest BCUT2D eigenvalue weighted by molar-refractivity contribution is -0.870. The molecule has 2 aliphatic heterocycles. The summed E-state index contributed by atoms with van der Waals surface area (Å²) in [5.74, 6) is 3.72. The second-order valence-corrected chi connectivity index (χ2v) is 13.1. The maximum Gasteiger partial charge on any atom is 0.236 e. The van der Waals surface area contributed by atoms with Crippen LogP contribution < -0.4 is 9.47 Å². The molecule has 7 nitrogen and oxygen atoms in total. The van der Waals surface area contributed by atoms with Gasteiger partial charge in [0.1, 0.15) is 12.4 Å². The van der Waals surface area contributed by atoms with Crippen molar-refractivity contribution in [3.63, 3.8) is 0 Å². The summed E-state index contributed by atoms with van der Waals surface area (Å²) in [5.41, 5.74) is 1.34. The smallest absolute Gasteiger partial charge is 0.236 e. The molecule has 2 saturated heterocycles. The number of hydrogen-bond donors (Lipinski definition) is 0. The zero-order valence-corrected chi connectivity index (χ0v) is 26.7. The van der Waals surface area contributed by atoms with E-state index in [0.29, 0.717) is 25.0 Å². The number of unbranched alkanes of at least 4 members (excludes halogenated alkanes) is 2. The van der Waals surface area contributed by atoms with E-state index in [1.807, 2.05) is 24.3 Å². The quantitative estimate of drug-likeness (QED) is 0.146. The van der Waals surface area contributed by atoms with E-state index in [4.69, 9.17) is 14.2 Å². The maximum atomic E-state index is 13.9. The number of carbonyl (C=O) groups is 1. The Morgan fingerprint density at radius 1 is 1.17 bits per heavy atom. The number of ether oxygens (including phenoxy) is 3. The van der Waals surface area contributed by atoms with Gasteiger partial charge in [0.15, 0.2) is 11.5 Å². The Morgan fingerprint density at radius 2 is 1.93 bits per heavy atom. The van der Waals surface area contributed by atoms with Gasteiger partial charge in [-0.05, 0) is 67.2 Å². The number of likely N-dealkylation sites (tertiary alicyclic amines) is 1. The molecule has 2 unspecified atom stereocenters. The Hall–Kier alpha value is -2.77. The molecule has 42 heavy (non-hydrogen) atoms. The van der Waals surface area contributed by atoms with Gasteiger partial charge in [-0.15, -0.1) is 6.58 Å². The van der Waals surface area contributed by atoms with Crippen LogP contribution in [0.5, 0.6) is 11.5 Å². The van der Waals surface area contributed by atoms with E-state index < -0.39 is 0 Å². The first kappa shape index (κ1) is 32.2. The third kappa shape index (κ3) is 8.41. The summed E-state index contributed by atoms with van der Waals surface area (Å²) >= 11 is 0. The Labute approximate surface area is 254 Å². The van der Waals surface area contributed by atoms with Crippen LogP contribution in [0.3, 0.4) is 0 Å². The van der Waals surface area contributed by atoms with Gasteiger partial charge in [-0.2, -0.15) is 0 Å². The van der Waals surface area contributed by atoms with Crippen molar-refractivity contribution in [1.29, 1.82) is 0 Å². The minimum absolute atomic E-state index is 0.0520. The Morgan fingerprint density at radius 3 is 2.64 bits per heavy atom. The molecule has 4 rings (SSSR count). The van der Waals surface area contributed by atoms with Gasteiger partial charge in [-0.25, -0.2) is 0 Å². The van der Waals surface area contributed by atoms with E-state index in [1.54, 1.807) is 7.11 Å². The fourth-order valence-electron chi connectivity index (χ4n) is 6.70. The monoisotopic (exact) mass is 580 g/mol. The molecule has 0 aromatic heterocycles. The van der Waals surface area contributed by atoms with Crippen LogP contribution in [0.25, 0.3) is 0 Å². The summed E-state index contributed by atoms with van der Waals surface area (Å²) in [6.45, 7) is 11.8. The molecule has 1 aromatic carbocycles. The van der Waals surface area contributed by atoms with Crippen molar-refractivity contribution >= 4 is 5.91 Å². The average molecular weight is 581 g/mol. The van der Waals surface area contributed by atoms with Crippen LogP contribution in [0.15, 0.2) is 60.4 Å². The molecule has 1 amide bonds. The number of carbonyl (C=O) groups excluding carboxylic acids is 1. The van der Waals surface area contributed by atoms with Crippen molar-refractivity contribution in [3.05, 3.63) is 60.4 Å². The summed E-state index contributed by atoms with van der Waals surface area (Å²) in [4.78, 5) is 18.4. The molecule has 0 saturated carbocycles. The first-order valence-electron chi connectivity index (χ1n) is 16.0. The van der Waals surface area contributed by atoms with Crippen LogP contribution in [0.4, 0.5) is 0 Å². The predicted octanol–water partition coefficient (Wildman–Crippen LogP) is 5.54. The summed E-state index contributed by atoms with van der Waals surface area (Å²) in [6.07, 6.45) is 13.0.